The molecule has 3 fully saturated rings. The lowest BCUT2D eigenvalue weighted by atomic mass is 9.78. The van der Waals surface area contributed by atoms with Crippen molar-refractivity contribution in [3.05, 3.63) is 19.9 Å². The molecule has 2 saturated heterocycles. The van der Waals surface area contributed by atoms with Crippen LogP contribution in [0, 0.1) is 15.3 Å². The van der Waals surface area contributed by atoms with Crippen LogP contribution in [0.15, 0.2) is 15.6 Å². The molecule has 1 saturated carbocycles. The molecule has 8 nitrogen and oxygen atoms in total. The van der Waals surface area contributed by atoms with Crippen molar-refractivity contribution in [2.45, 2.75) is 76.3 Å². The van der Waals surface area contributed by atoms with Gasteiger partial charge in [0.25, 0.3) is 0 Å². The third-order valence-corrected chi connectivity index (χ3v) is 9.36. The molecule has 3 heterocycles. The number of rotatable bonds is 3. The summed E-state index contributed by atoms with van der Waals surface area (Å²) in [5.74, 6) is -0.542. The van der Waals surface area contributed by atoms with Crippen LogP contribution in [-0.2, 0) is 9.47 Å². The van der Waals surface area contributed by atoms with Gasteiger partial charge in [-0.25, -0.2) is 19.0 Å². The van der Waals surface area contributed by atoms with Crippen molar-refractivity contribution < 1.29 is 23.5 Å². The summed E-state index contributed by atoms with van der Waals surface area (Å²) in [4.78, 5) is 34.5. The summed E-state index contributed by atoms with van der Waals surface area (Å²) < 4.78 is 27.8. The van der Waals surface area contributed by atoms with E-state index in [0.717, 1.165) is 6.42 Å². The Morgan fingerprint density at radius 3 is 2.43 bits per heavy atom. The number of thioether (sulfide) groups is 1. The van der Waals surface area contributed by atoms with Crippen molar-refractivity contribution in [1.29, 1.82) is 0 Å². The molecule has 2 bridgehead atoms. The largest absolute Gasteiger partial charge is 0.444 e. The lowest BCUT2D eigenvalue weighted by molar-refractivity contribution is 0.0217. The Kier molecular flexibility index (Phi) is 7.61. The number of nitrogens with two attached hydrogens (primary N) is 1. The van der Waals surface area contributed by atoms with Gasteiger partial charge < -0.3 is 20.1 Å². The zero-order chi connectivity index (χ0) is 27.6. The van der Waals surface area contributed by atoms with E-state index in [-0.39, 0.29) is 23.2 Å². The number of nitrogens with zero attached hydrogens (tertiary/aromatic N) is 3. The van der Waals surface area contributed by atoms with E-state index in [2.05, 4.69) is 20.9 Å². The second-order valence-corrected chi connectivity index (χ2v) is 14.1. The van der Waals surface area contributed by atoms with E-state index in [4.69, 9.17) is 15.2 Å². The average Bonchev–Trinajstić information content (AvgIpc) is 3.34. The number of hydrogen-bond acceptors (Lipinski definition) is 7. The van der Waals surface area contributed by atoms with E-state index in [1.54, 1.807) is 38.0 Å². The van der Waals surface area contributed by atoms with E-state index in [1.165, 1.54) is 16.7 Å². The first-order valence-corrected chi connectivity index (χ1v) is 15.0. The molecule has 3 atom stereocenters. The monoisotopic (exact) mass is 708 g/mol. The van der Waals surface area contributed by atoms with Crippen molar-refractivity contribution in [2.24, 2.45) is 5.92 Å². The molecule has 2 amide bonds. The van der Waals surface area contributed by atoms with Gasteiger partial charge >= 0.3 is 12.2 Å². The van der Waals surface area contributed by atoms with Gasteiger partial charge in [-0.05, 0) is 98.8 Å². The van der Waals surface area contributed by atoms with Crippen LogP contribution in [0.2, 0.25) is 0 Å². The van der Waals surface area contributed by atoms with Gasteiger partial charge in [-0.15, -0.1) is 11.8 Å². The number of amides is 2. The number of carbonyl (C=O) groups excluding carboxylic acids is 2. The fourth-order valence-electron chi connectivity index (χ4n) is 4.87. The molecule has 1 aromatic carbocycles. The summed E-state index contributed by atoms with van der Waals surface area (Å²) in [6, 6.07) is 1.07. The molecule has 1 aromatic heterocycles. The molecule has 0 radical (unpaired) electrons. The molecule has 2 aromatic rings. The van der Waals surface area contributed by atoms with E-state index in [1.807, 2.05) is 43.4 Å². The summed E-state index contributed by atoms with van der Waals surface area (Å²) in [7, 11) is 0. The molecule has 5 rings (SSSR count). The predicted molar refractivity (Wildman–Crippen MR) is 156 cm³/mol. The van der Waals surface area contributed by atoms with E-state index < -0.39 is 35.2 Å². The molecule has 1 unspecified atom stereocenters. The van der Waals surface area contributed by atoms with Gasteiger partial charge in [0.2, 0.25) is 0 Å². The van der Waals surface area contributed by atoms with E-state index >= 15 is 4.39 Å². The lowest BCUT2D eigenvalue weighted by Crippen LogP contribution is -2.59. The molecule has 12 heteroatoms. The number of carbonyl (C=O) groups is 2. The number of halogens is 3. The van der Waals surface area contributed by atoms with Crippen LogP contribution in [0.5, 0.6) is 0 Å². The topological polar surface area (TPSA) is 98.0 Å². The molecule has 3 aliphatic rings. The SMILES string of the molecule is CSc1nc2c(F)c(Br)c(I)cc2c(N(C(=O)OC(C)(C)C)C2[C@@H]3C[C@H]2N(C(=O)OC(C)(C)C)C3)c1N. The van der Waals surface area contributed by atoms with Crippen molar-refractivity contribution in [2.75, 3.05) is 23.4 Å². The third-order valence-electron chi connectivity index (χ3n) is 6.29. The predicted octanol–water partition coefficient (Wildman–Crippen LogP) is 6.79. The zero-order valence-corrected chi connectivity index (χ0v) is 26.4. The van der Waals surface area contributed by atoms with Crippen molar-refractivity contribution in [1.82, 2.24) is 9.88 Å². The molecule has 37 heavy (non-hydrogen) atoms. The van der Waals surface area contributed by atoms with Crippen LogP contribution < -0.4 is 10.6 Å². The number of fused-ring (bicyclic) bond motifs is 2. The Labute approximate surface area is 242 Å². The normalized spacial score (nSPS) is 21.1. The first-order valence-electron chi connectivity index (χ1n) is 11.9. The van der Waals surface area contributed by atoms with Gasteiger partial charge in [-0.1, -0.05) is 0 Å². The maximum absolute atomic E-state index is 15.4. The van der Waals surface area contributed by atoms with Crippen LogP contribution >= 0.6 is 50.3 Å². The van der Waals surface area contributed by atoms with Gasteiger partial charge in [-0.2, -0.15) is 0 Å². The van der Waals surface area contributed by atoms with Gasteiger partial charge in [0.1, 0.15) is 21.7 Å². The number of benzene rings is 1. The second kappa shape index (κ2) is 9.89. The summed E-state index contributed by atoms with van der Waals surface area (Å²) in [6.07, 6.45) is 1.48. The third kappa shape index (κ3) is 5.34. The number of ether oxygens (including phenoxy) is 2. The maximum atomic E-state index is 15.4. The number of pyridine rings is 1. The van der Waals surface area contributed by atoms with Gasteiger partial charge in [0.15, 0.2) is 5.82 Å². The zero-order valence-electron chi connectivity index (χ0n) is 21.8. The molecule has 2 aliphatic heterocycles. The Hall–Kier alpha value is -1.54. The smallest absolute Gasteiger partial charge is 0.415 e. The standard InChI is InChI=1S/C25H31BrFIN4O4S/c1-24(2,3)35-22(33)31-10-11-8-14(31)19(11)32(23(34)36-25(4,5)6)20-12-9-13(28)15(26)16(27)18(12)30-21(37-7)17(20)29/h9,11,14,19H,8,10,29H2,1-7H3/t11-,14-,19?/m1/s1. The first-order chi connectivity index (χ1) is 17.0. The highest BCUT2D eigenvalue weighted by Gasteiger charge is 2.59. The van der Waals surface area contributed by atoms with Crippen molar-refractivity contribution in [3.63, 3.8) is 0 Å². The van der Waals surface area contributed by atoms with E-state index in [0.29, 0.717) is 30.7 Å². The fourth-order valence-corrected chi connectivity index (χ4v) is 6.22. The lowest BCUT2D eigenvalue weighted by Gasteiger charge is -2.44. The second-order valence-electron chi connectivity index (χ2n) is 11.3. The highest BCUT2D eigenvalue weighted by Crippen LogP contribution is 2.50. The number of anilines is 2. The summed E-state index contributed by atoms with van der Waals surface area (Å²) in [5, 5.41) is 0.806. The van der Waals surface area contributed by atoms with E-state index in [9.17, 15) is 9.59 Å². The Bertz CT molecular complexity index is 1280. The fraction of sp³-hybridized carbons (Fsp3) is 0.560. The summed E-state index contributed by atoms with van der Waals surface area (Å²) in [5.41, 5.74) is 5.91. The quantitative estimate of drug-likeness (QED) is 0.213. The minimum atomic E-state index is -0.786. The van der Waals surface area contributed by atoms with Gasteiger partial charge in [0.05, 0.1) is 27.9 Å². The Morgan fingerprint density at radius 2 is 1.86 bits per heavy atom. The molecular weight excluding hydrogens is 678 g/mol. The number of aromatic nitrogens is 1. The Balaban J connectivity index is 1.89. The Morgan fingerprint density at radius 1 is 1.24 bits per heavy atom. The molecular formula is C25H31BrFIN4O4S. The van der Waals surface area contributed by atoms with Gasteiger partial charge in [0, 0.05) is 21.4 Å². The number of nitrogen functional groups attached to an aromatic ring is 1. The molecule has 1 aliphatic carbocycles. The highest BCUT2D eigenvalue weighted by atomic mass is 127. The minimum absolute atomic E-state index is 0.00949. The van der Waals surface area contributed by atoms with Crippen molar-refractivity contribution in [3.8, 4) is 0 Å². The van der Waals surface area contributed by atoms with Crippen LogP contribution in [0.1, 0.15) is 48.0 Å². The maximum Gasteiger partial charge on any atom is 0.415 e. The summed E-state index contributed by atoms with van der Waals surface area (Å²) in [6.45, 7) is 11.2. The van der Waals surface area contributed by atoms with Crippen molar-refractivity contribution >= 4 is 84.7 Å². The molecule has 2 N–H and O–H groups in total. The summed E-state index contributed by atoms with van der Waals surface area (Å²) >= 11 is 6.60. The van der Waals surface area contributed by atoms with Crippen LogP contribution in [-0.4, -0.2) is 58.2 Å². The molecule has 0 spiro atoms. The first kappa shape index (κ1) is 28.5. The van der Waals surface area contributed by atoms with Crippen LogP contribution in [0.3, 0.4) is 0 Å². The minimum Gasteiger partial charge on any atom is -0.444 e. The molecule has 202 valence electrons. The van der Waals surface area contributed by atoms with Crippen LogP contribution in [0.4, 0.5) is 25.4 Å². The van der Waals surface area contributed by atoms with Crippen LogP contribution in [0.25, 0.3) is 10.9 Å². The highest BCUT2D eigenvalue weighted by molar-refractivity contribution is 14.1. The number of hydrogen-bond donors (Lipinski definition) is 1. The average molecular weight is 709 g/mol. The van der Waals surface area contributed by atoms with Gasteiger partial charge in [-0.3, -0.25) is 4.90 Å².